The number of aromatic nitrogens is 2. The number of anilines is 1. The average Bonchev–Trinajstić information content (AvgIpc) is 2.46. The second-order valence-corrected chi connectivity index (χ2v) is 5.04. The van der Waals surface area contributed by atoms with Gasteiger partial charge in [0.05, 0.1) is 12.7 Å². The molecule has 1 fully saturated rings. The largest absolute Gasteiger partial charge is 0.481 e. The summed E-state index contributed by atoms with van der Waals surface area (Å²) in [5, 5.41) is 15.5. The van der Waals surface area contributed by atoms with Crippen molar-refractivity contribution in [1.82, 2.24) is 15.3 Å². The number of rotatable bonds is 4. The van der Waals surface area contributed by atoms with Crippen LogP contribution in [0.2, 0.25) is 0 Å². The highest BCUT2D eigenvalue weighted by Crippen LogP contribution is 2.27. The summed E-state index contributed by atoms with van der Waals surface area (Å²) < 4.78 is 4.94. The predicted molar refractivity (Wildman–Crippen MR) is 73.6 cm³/mol. The van der Waals surface area contributed by atoms with Gasteiger partial charge in [0.15, 0.2) is 0 Å². The van der Waals surface area contributed by atoms with Gasteiger partial charge in [-0.3, -0.25) is 5.32 Å². The molecule has 0 radical (unpaired) electrons. The Morgan fingerprint density at radius 2 is 2.15 bits per heavy atom. The van der Waals surface area contributed by atoms with Crippen LogP contribution in [0.25, 0.3) is 0 Å². The Balaban J connectivity index is 1.82. The first-order chi connectivity index (χ1) is 9.61. The highest BCUT2D eigenvalue weighted by molar-refractivity contribution is 5.88. The Morgan fingerprint density at radius 3 is 2.85 bits per heavy atom. The minimum absolute atomic E-state index is 0.251. The van der Waals surface area contributed by atoms with Gasteiger partial charge in [-0.05, 0) is 12.8 Å². The first-order valence-electron chi connectivity index (χ1n) is 6.75. The first kappa shape index (κ1) is 14.5. The van der Waals surface area contributed by atoms with E-state index in [1.165, 1.54) is 19.5 Å². The van der Waals surface area contributed by atoms with E-state index in [2.05, 4.69) is 20.6 Å². The van der Waals surface area contributed by atoms with E-state index >= 15 is 0 Å². The third-order valence-electron chi connectivity index (χ3n) is 3.45. The highest BCUT2D eigenvalue weighted by atomic mass is 16.5. The fraction of sp³-hybridized carbons (Fsp3) is 0.615. The van der Waals surface area contributed by atoms with E-state index in [4.69, 9.17) is 4.74 Å². The van der Waals surface area contributed by atoms with Gasteiger partial charge < -0.3 is 15.2 Å². The van der Waals surface area contributed by atoms with E-state index in [9.17, 15) is 9.90 Å². The number of urea groups is 1. The molecule has 1 saturated carbocycles. The number of carbonyl (C=O) groups is 1. The molecule has 2 rings (SSSR count). The average molecular weight is 280 g/mol. The van der Waals surface area contributed by atoms with Gasteiger partial charge >= 0.3 is 6.03 Å². The quantitative estimate of drug-likeness (QED) is 0.772. The topological polar surface area (TPSA) is 96.4 Å². The number of nitrogens with one attached hydrogen (secondary N) is 2. The lowest BCUT2D eigenvalue weighted by molar-refractivity contribution is 0.00755. The SMILES string of the molecule is COc1cc(NC(=O)NCC2(O)CCCCC2)ncn1. The van der Waals surface area contributed by atoms with Crippen molar-refractivity contribution in [1.29, 1.82) is 0 Å². The summed E-state index contributed by atoms with van der Waals surface area (Å²) in [4.78, 5) is 19.5. The third-order valence-corrected chi connectivity index (χ3v) is 3.45. The summed E-state index contributed by atoms with van der Waals surface area (Å²) in [6, 6.07) is 1.12. The Bertz CT molecular complexity index is 461. The van der Waals surface area contributed by atoms with Gasteiger partial charge in [-0.25, -0.2) is 14.8 Å². The van der Waals surface area contributed by atoms with Crippen molar-refractivity contribution in [3.8, 4) is 5.88 Å². The molecular weight excluding hydrogens is 260 g/mol. The van der Waals surface area contributed by atoms with Crippen molar-refractivity contribution in [3.63, 3.8) is 0 Å². The van der Waals surface area contributed by atoms with Crippen molar-refractivity contribution in [3.05, 3.63) is 12.4 Å². The van der Waals surface area contributed by atoms with Gasteiger partial charge in [0.2, 0.25) is 5.88 Å². The van der Waals surface area contributed by atoms with E-state index < -0.39 is 11.6 Å². The van der Waals surface area contributed by atoms with Crippen molar-refractivity contribution in [2.45, 2.75) is 37.7 Å². The number of amides is 2. The maximum absolute atomic E-state index is 11.8. The monoisotopic (exact) mass is 280 g/mol. The summed E-state index contributed by atoms with van der Waals surface area (Å²) in [5.41, 5.74) is -0.779. The Morgan fingerprint density at radius 1 is 1.40 bits per heavy atom. The van der Waals surface area contributed by atoms with Crippen molar-refractivity contribution in [2.24, 2.45) is 0 Å². The van der Waals surface area contributed by atoms with E-state index in [1.54, 1.807) is 0 Å². The zero-order chi connectivity index (χ0) is 14.4. The van der Waals surface area contributed by atoms with Crippen molar-refractivity contribution in [2.75, 3.05) is 19.0 Å². The van der Waals surface area contributed by atoms with Crippen LogP contribution in [-0.2, 0) is 0 Å². The summed E-state index contributed by atoms with van der Waals surface area (Å²) >= 11 is 0. The fourth-order valence-corrected chi connectivity index (χ4v) is 2.31. The molecule has 0 saturated heterocycles. The van der Waals surface area contributed by atoms with Crippen LogP contribution in [0.4, 0.5) is 10.6 Å². The zero-order valence-corrected chi connectivity index (χ0v) is 11.6. The Labute approximate surface area is 117 Å². The van der Waals surface area contributed by atoms with Crippen LogP contribution in [-0.4, -0.2) is 40.4 Å². The molecule has 0 bridgehead atoms. The lowest BCUT2D eigenvalue weighted by Gasteiger charge is -2.32. The summed E-state index contributed by atoms with van der Waals surface area (Å²) in [6.07, 6.45) is 5.92. The van der Waals surface area contributed by atoms with E-state index in [0.717, 1.165) is 32.1 Å². The predicted octanol–water partition coefficient (Wildman–Crippen LogP) is 1.30. The van der Waals surface area contributed by atoms with Gasteiger partial charge in [0, 0.05) is 12.6 Å². The van der Waals surface area contributed by atoms with E-state index in [0.29, 0.717) is 11.7 Å². The van der Waals surface area contributed by atoms with Crippen LogP contribution in [0.3, 0.4) is 0 Å². The number of nitrogens with zero attached hydrogens (tertiary/aromatic N) is 2. The van der Waals surface area contributed by atoms with Gasteiger partial charge in [0.25, 0.3) is 0 Å². The molecule has 1 aromatic heterocycles. The molecule has 1 aromatic rings. The summed E-state index contributed by atoms with van der Waals surface area (Å²) in [5.74, 6) is 0.728. The molecule has 110 valence electrons. The second kappa shape index (κ2) is 6.51. The molecule has 7 heteroatoms. The fourth-order valence-electron chi connectivity index (χ4n) is 2.31. The van der Waals surface area contributed by atoms with Crippen LogP contribution in [0.5, 0.6) is 5.88 Å². The number of ether oxygens (including phenoxy) is 1. The third kappa shape index (κ3) is 4.06. The van der Waals surface area contributed by atoms with Gasteiger partial charge in [-0.1, -0.05) is 19.3 Å². The van der Waals surface area contributed by atoms with E-state index in [-0.39, 0.29) is 6.54 Å². The summed E-state index contributed by atoms with van der Waals surface area (Å²) in [7, 11) is 1.49. The molecule has 0 atom stereocenters. The smallest absolute Gasteiger partial charge is 0.320 e. The Hall–Kier alpha value is -1.89. The molecule has 1 heterocycles. The van der Waals surface area contributed by atoms with Gasteiger partial charge in [-0.2, -0.15) is 0 Å². The van der Waals surface area contributed by atoms with Crippen molar-refractivity contribution >= 4 is 11.8 Å². The minimum atomic E-state index is -0.779. The van der Waals surface area contributed by atoms with E-state index in [1.807, 2.05) is 0 Å². The first-order valence-corrected chi connectivity index (χ1v) is 6.75. The van der Waals surface area contributed by atoms with Crippen LogP contribution in [0.1, 0.15) is 32.1 Å². The molecule has 2 amide bonds. The van der Waals surface area contributed by atoms with Crippen LogP contribution >= 0.6 is 0 Å². The molecular formula is C13H20N4O3. The lowest BCUT2D eigenvalue weighted by atomic mass is 9.85. The van der Waals surface area contributed by atoms with Crippen molar-refractivity contribution < 1.29 is 14.6 Å². The molecule has 7 nitrogen and oxygen atoms in total. The summed E-state index contributed by atoms with van der Waals surface area (Å²) in [6.45, 7) is 0.251. The van der Waals surface area contributed by atoms with Crippen LogP contribution < -0.4 is 15.4 Å². The highest BCUT2D eigenvalue weighted by Gasteiger charge is 2.29. The zero-order valence-electron chi connectivity index (χ0n) is 11.6. The lowest BCUT2D eigenvalue weighted by Crippen LogP contribution is -2.45. The second-order valence-electron chi connectivity index (χ2n) is 5.04. The minimum Gasteiger partial charge on any atom is -0.481 e. The maximum atomic E-state index is 11.8. The number of aliphatic hydroxyl groups is 1. The van der Waals surface area contributed by atoms with Crippen LogP contribution in [0.15, 0.2) is 12.4 Å². The Kier molecular flexibility index (Phi) is 4.73. The molecule has 0 unspecified atom stereocenters. The van der Waals surface area contributed by atoms with Gasteiger partial charge in [0.1, 0.15) is 12.1 Å². The number of hydrogen-bond donors (Lipinski definition) is 3. The number of hydrogen-bond acceptors (Lipinski definition) is 5. The normalized spacial score (nSPS) is 17.3. The molecule has 3 N–H and O–H groups in total. The van der Waals surface area contributed by atoms with Gasteiger partial charge in [-0.15, -0.1) is 0 Å². The molecule has 1 aliphatic carbocycles. The molecule has 0 aromatic carbocycles. The maximum Gasteiger partial charge on any atom is 0.320 e. The molecule has 0 aliphatic heterocycles. The number of methoxy groups -OCH3 is 1. The molecule has 0 spiro atoms. The number of carbonyl (C=O) groups excluding carboxylic acids is 1. The standard InChI is InChI=1S/C13H20N4O3/c1-20-11-7-10(15-9-16-11)17-12(18)14-8-13(19)5-3-2-4-6-13/h7,9,19H,2-6,8H2,1H3,(H2,14,15,16,17,18). The van der Waals surface area contributed by atoms with Crippen LogP contribution in [0, 0.1) is 0 Å². The molecule has 1 aliphatic rings. The molecule has 20 heavy (non-hydrogen) atoms.